The van der Waals surface area contributed by atoms with Crippen LogP contribution in [0, 0.1) is 0 Å². The summed E-state index contributed by atoms with van der Waals surface area (Å²) < 4.78 is 5.83. The summed E-state index contributed by atoms with van der Waals surface area (Å²) in [6, 6.07) is 7.85. The molecular weight excluding hydrogens is 230 g/mol. The third-order valence-electron chi connectivity index (χ3n) is 3.89. The molecule has 1 aromatic carbocycles. The number of carboxylic acids is 1. The first kappa shape index (κ1) is 11.7. The number of ether oxygens (including phenoxy) is 1. The van der Waals surface area contributed by atoms with Crippen LogP contribution in [-0.4, -0.2) is 34.8 Å². The van der Waals surface area contributed by atoms with E-state index < -0.39 is 5.97 Å². The number of hydrogen-bond acceptors (Lipinski definition) is 3. The van der Waals surface area contributed by atoms with Crippen LogP contribution >= 0.6 is 0 Å². The Labute approximate surface area is 106 Å². The second-order valence-corrected chi connectivity index (χ2v) is 4.97. The predicted molar refractivity (Wildman–Crippen MR) is 66.1 cm³/mol. The molecule has 0 aromatic heterocycles. The van der Waals surface area contributed by atoms with Gasteiger partial charge in [0.15, 0.2) is 0 Å². The van der Waals surface area contributed by atoms with Crippen LogP contribution in [0.3, 0.4) is 0 Å². The Kier molecular flexibility index (Phi) is 3.06. The molecule has 1 N–H and O–H groups in total. The van der Waals surface area contributed by atoms with E-state index in [1.807, 2.05) is 17.0 Å². The van der Waals surface area contributed by atoms with E-state index in [9.17, 15) is 9.90 Å². The van der Waals surface area contributed by atoms with Gasteiger partial charge in [0.05, 0.1) is 6.61 Å². The summed E-state index contributed by atoms with van der Waals surface area (Å²) in [6.07, 6.45) is 2.39. The van der Waals surface area contributed by atoms with Crippen molar-refractivity contribution in [3.05, 3.63) is 35.4 Å². The molecule has 2 heterocycles. The molecule has 3 rings (SSSR count). The van der Waals surface area contributed by atoms with Crippen LogP contribution in [0.25, 0.3) is 0 Å². The number of carboxylic acid groups (broad SMARTS) is 1. The zero-order chi connectivity index (χ0) is 12.5. The molecule has 0 spiro atoms. The van der Waals surface area contributed by atoms with Gasteiger partial charge in [-0.2, -0.15) is 0 Å². The fraction of sp³-hybridized carbons (Fsp3) is 0.500. The van der Waals surface area contributed by atoms with Crippen molar-refractivity contribution in [1.82, 2.24) is 4.90 Å². The summed E-state index contributed by atoms with van der Waals surface area (Å²) in [5.41, 5.74) is 2.50. The van der Waals surface area contributed by atoms with Crippen LogP contribution in [0.1, 0.15) is 24.0 Å². The van der Waals surface area contributed by atoms with Crippen molar-refractivity contribution in [2.45, 2.75) is 38.1 Å². The Morgan fingerprint density at radius 1 is 1.33 bits per heavy atom. The number of aliphatic carboxylic acids is 1. The normalized spacial score (nSPS) is 28.0. The zero-order valence-electron chi connectivity index (χ0n) is 10.2. The van der Waals surface area contributed by atoms with Gasteiger partial charge in [-0.15, -0.1) is 0 Å². The lowest BCUT2D eigenvalue weighted by atomic mass is 10.0. The molecule has 0 amide bonds. The quantitative estimate of drug-likeness (QED) is 0.863. The second kappa shape index (κ2) is 4.71. The molecule has 0 aliphatic carbocycles. The van der Waals surface area contributed by atoms with Crippen LogP contribution in [0.2, 0.25) is 0 Å². The number of rotatable bonds is 2. The van der Waals surface area contributed by atoms with Crippen molar-refractivity contribution in [3.63, 3.8) is 0 Å². The monoisotopic (exact) mass is 247 g/mol. The highest BCUT2D eigenvalue weighted by molar-refractivity contribution is 5.73. The van der Waals surface area contributed by atoms with E-state index >= 15 is 0 Å². The molecule has 4 nitrogen and oxygen atoms in total. The van der Waals surface area contributed by atoms with Gasteiger partial charge in [0.25, 0.3) is 0 Å². The SMILES string of the molecule is O=C(O)[C@@H]1CCCN1C1Cc2ccccc2CO1. The van der Waals surface area contributed by atoms with E-state index in [1.54, 1.807) is 0 Å². The minimum Gasteiger partial charge on any atom is -0.480 e. The zero-order valence-corrected chi connectivity index (χ0v) is 10.2. The molecule has 4 heteroatoms. The summed E-state index contributed by atoms with van der Waals surface area (Å²) in [7, 11) is 0. The first-order valence-corrected chi connectivity index (χ1v) is 6.42. The van der Waals surface area contributed by atoms with Gasteiger partial charge in [0.2, 0.25) is 0 Å². The van der Waals surface area contributed by atoms with Gasteiger partial charge in [0, 0.05) is 13.0 Å². The highest BCUT2D eigenvalue weighted by Gasteiger charge is 2.37. The van der Waals surface area contributed by atoms with Crippen LogP contribution in [0.5, 0.6) is 0 Å². The van der Waals surface area contributed by atoms with Gasteiger partial charge in [-0.25, -0.2) is 0 Å². The molecule has 1 saturated heterocycles. The van der Waals surface area contributed by atoms with Crippen LogP contribution in [-0.2, 0) is 22.6 Å². The maximum atomic E-state index is 11.2. The highest BCUT2D eigenvalue weighted by atomic mass is 16.5. The lowest BCUT2D eigenvalue weighted by Gasteiger charge is -2.34. The first-order chi connectivity index (χ1) is 8.75. The molecule has 0 bridgehead atoms. The summed E-state index contributed by atoms with van der Waals surface area (Å²) in [4.78, 5) is 13.2. The van der Waals surface area contributed by atoms with Gasteiger partial charge >= 0.3 is 5.97 Å². The molecule has 0 radical (unpaired) electrons. The molecule has 1 aromatic rings. The average Bonchev–Trinajstić information content (AvgIpc) is 2.87. The number of likely N-dealkylation sites (tertiary alicyclic amines) is 1. The number of carbonyl (C=O) groups is 1. The Hall–Kier alpha value is -1.39. The Morgan fingerprint density at radius 2 is 2.11 bits per heavy atom. The Bertz CT molecular complexity index is 460. The average molecular weight is 247 g/mol. The summed E-state index contributed by atoms with van der Waals surface area (Å²) in [5, 5.41) is 9.21. The highest BCUT2D eigenvalue weighted by Crippen LogP contribution is 2.28. The molecule has 96 valence electrons. The standard InChI is InChI=1S/C14H17NO3/c16-14(17)12-6-3-7-15(12)13-8-10-4-1-2-5-11(10)9-18-13/h1-2,4-5,12-13H,3,6-9H2,(H,16,17)/t12-,13?/m0/s1. The lowest BCUT2D eigenvalue weighted by Crippen LogP contribution is -2.46. The van der Waals surface area contributed by atoms with Crippen LogP contribution < -0.4 is 0 Å². The van der Waals surface area contributed by atoms with E-state index in [1.165, 1.54) is 11.1 Å². The summed E-state index contributed by atoms with van der Waals surface area (Å²) >= 11 is 0. The van der Waals surface area contributed by atoms with Crippen molar-refractivity contribution >= 4 is 5.97 Å². The van der Waals surface area contributed by atoms with Crippen LogP contribution in [0.4, 0.5) is 0 Å². The van der Waals surface area contributed by atoms with E-state index in [-0.39, 0.29) is 12.3 Å². The lowest BCUT2D eigenvalue weighted by molar-refractivity contribution is -0.150. The van der Waals surface area contributed by atoms with Gasteiger partial charge in [0.1, 0.15) is 12.3 Å². The van der Waals surface area contributed by atoms with E-state index in [4.69, 9.17) is 4.74 Å². The smallest absolute Gasteiger partial charge is 0.320 e. The number of hydrogen-bond donors (Lipinski definition) is 1. The summed E-state index contributed by atoms with van der Waals surface area (Å²) in [5.74, 6) is -0.727. The molecular formula is C14H17NO3. The number of benzene rings is 1. The fourth-order valence-electron chi connectivity index (χ4n) is 2.94. The topological polar surface area (TPSA) is 49.8 Å². The Morgan fingerprint density at radius 3 is 2.89 bits per heavy atom. The second-order valence-electron chi connectivity index (χ2n) is 4.97. The Balaban J connectivity index is 1.77. The number of fused-ring (bicyclic) bond motifs is 1. The van der Waals surface area contributed by atoms with Gasteiger partial charge in [-0.05, 0) is 24.0 Å². The molecule has 2 aliphatic rings. The largest absolute Gasteiger partial charge is 0.480 e. The van der Waals surface area contributed by atoms with Crippen molar-refractivity contribution in [2.75, 3.05) is 6.54 Å². The van der Waals surface area contributed by atoms with Crippen LogP contribution in [0.15, 0.2) is 24.3 Å². The minimum atomic E-state index is -0.727. The van der Waals surface area contributed by atoms with Crippen molar-refractivity contribution in [3.8, 4) is 0 Å². The summed E-state index contributed by atoms with van der Waals surface area (Å²) in [6.45, 7) is 1.41. The third kappa shape index (κ3) is 2.02. The van der Waals surface area contributed by atoms with Crippen molar-refractivity contribution < 1.29 is 14.6 Å². The molecule has 0 saturated carbocycles. The van der Waals surface area contributed by atoms with Gasteiger partial charge in [-0.1, -0.05) is 24.3 Å². The van der Waals surface area contributed by atoms with Gasteiger partial charge in [-0.3, -0.25) is 9.69 Å². The van der Waals surface area contributed by atoms with E-state index in [0.29, 0.717) is 6.61 Å². The molecule has 18 heavy (non-hydrogen) atoms. The molecule has 2 aliphatic heterocycles. The van der Waals surface area contributed by atoms with Crippen molar-refractivity contribution in [1.29, 1.82) is 0 Å². The maximum Gasteiger partial charge on any atom is 0.320 e. The number of nitrogens with zero attached hydrogens (tertiary/aromatic N) is 1. The molecule has 2 atom stereocenters. The predicted octanol–water partition coefficient (Wildman–Crippen LogP) is 1.63. The first-order valence-electron chi connectivity index (χ1n) is 6.42. The van der Waals surface area contributed by atoms with E-state index in [2.05, 4.69) is 12.1 Å². The maximum absolute atomic E-state index is 11.2. The van der Waals surface area contributed by atoms with E-state index in [0.717, 1.165) is 25.8 Å². The van der Waals surface area contributed by atoms with Crippen molar-refractivity contribution in [2.24, 2.45) is 0 Å². The van der Waals surface area contributed by atoms with Gasteiger partial charge < -0.3 is 9.84 Å². The molecule has 1 unspecified atom stereocenters. The minimum absolute atomic E-state index is 0.0801. The fourth-order valence-corrected chi connectivity index (χ4v) is 2.94. The third-order valence-corrected chi connectivity index (χ3v) is 3.89. The molecule has 1 fully saturated rings.